The Morgan fingerprint density at radius 1 is 1.28 bits per heavy atom. The van der Waals surface area contributed by atoms with Crippen LogP contribution in [0.25, 0.3) is 11.0 Å². The molecule has 0 aliphatic heterocycles. The first-order chi connectivity index (χ1) is 12.1. The van der Waals surface area contributed by atoms with Gasteiger partial charge < -0.3 is 14.8 Å². The van der Waals surface area contributed by atoms with Crippen molar-refractivity contribution in [1.29, 1.82) is 0 Å². The van der Waals surface area contributed by atoms with E-state index in [0.717, 1.165) is 12.3 Å². The fourth-order valence-corrected chi connectivity index (χ4v) is 4.07. The van der Waals surface area contributed by atoms with Crippen molar-refractivity contribution in [2.24, 2.45) is 11.8 Å². The Balaban J connectivity index is 1.56. The van der Waals surface area contributed by atoms with Crippen molar-refractivity contribution in [1.82, 2.24) is 10.3 Å². The van der Waals surface area contributed by atoms with E-state index < -0.39 is 5.97 Å². The highest BCUT2D eigenvalue weighted by molar-refractivity contribution is 5.97. The van der Waals surface area contributed by atoms with Crippen molar-refractivity contribution >= 4 is 22.8 Å². The van der Waals surface area contributed by atoms with E-state index >= 15 is 0 Å². The van der Waals surface area contributed by atoms with Crippen molar-refractivity contribution in [3.8, 4) is 11.8 Å². The molecule has 5 rings (SSSR count). The van der Waals surface area contributed by atoms with Crippen molar-refractivity contribution in [3.05, 3.63) is 29.8 Å². The molecule has 0 radical (unpaired) electrons. The highest BCUT2D eigenvalue weighted by atomic mass is 16.4. The van der Waals surface area contributed by atoms with E-state index in [2.05, 4.69) is 22.1 Å². The van der Waals surface area contributed by atoms with Gasteiger partial charge in [-0.3, -0.25) is 4.79 Å². The van der Waals surface area contributed by atoms with Gasteiger partial charge in [0.05, 0.1) is 11.8 Å². The van der Waals surface area contributed by atoms with Gasteiger partial charge in [0.15, 0.2) is 5.58 Å². The van der Waals surface area contributed by atoms with Gasteiger partial charge in [-0.15, -0.1) is 0 Å². The number of amides is 1. The van der Waals surface area contributed by atoms with Gasteiger partial charge in [0.2, 0.25) is 0 Å². The molecule has 128 valence electrons. The number of rotatable bonds is 2. The Morgan fingerprint density at radius 3 is 2.76 bits per heavy atom. The standard InChI is InChI=1S/C19H18N2O4/c22-18(23)6-5-13-10-25-17-9-20-16(8-14(13)17)19(24)21-15-7-11-1-3-12(15)4-2-11/h8-12,15H,1-4,7H2,(H,21,24)(H,22,23). The highest BCUT2D eigenvalue weighted by Gasteiger charge is 2.36. The Kier molecular flexibility index (Phi) is 3.92. The Bertz CT molecular complexity index is 897. The smallest absolute Gasteiger partial charge is 0.382 e. The number of carbonyl (C=O) groups is 2. The van der Waals surface area contributed by atoms with Gasteiger partial charge in [-0.1, -0.05) is 18.8 Å². The first-order valence-electron chi connectivity index (χ1n) is 8.53. The second-order valence-corrected chi connectivity index (χ2v) is 6.87. The normalized spacial score (nSPS) is 24.6. The lowest BCUT2D eigenvalue weighted by Gasteiger charge is -2.42. The lowest BCUT2D eigenvalue weighted by atomic mass is 9.68. The van der Waals surface area contributed by atoms with Gasteiger partial charge in [0, 0.05) is 17.3 Å². The summed E-state index contributed by atoms with van der Waals surface area (Å²) in [5, 5.41) is 12.4. The SMILES string of the molecule is O=C(O)C#Cc1coc2cnc(C(=O)NC3CC4CCC3CC4)cc12. The number of hydrogen-bond donors (Lipinski definition) is 2. The number of carboxylic acids is 1. The molecule has 3 fully saturated rings. The number of carboxylic acid groups (broad SMARTS) is 1. The predicted octanol–water partition coefficient (Wildman–Crippen LogP) is 2.57. The molecule has 2 N–H and O–H groups in total. The Morgan fingerprint density at radius 2 is 2.08 bits per heavy atom. The zero-order valence-corrected chi connectivity index (χ0v) is 13.6. The maximum Gasteiger partial charge on any atom is 0.382 e. The van der Waals surface area contributed by atoms with Crippen LogP contribution in [0.3, 0.4) is 0 Å². The van der Waals surface area contributed by atoms with Crippen molar-refractivity contribution in [3.63, 3.8) is 0 Å². The monoisotopic (exact) mass is 338 g/mol. The fraction of sp³-hybridized carbons (Fsp3) is 0.421. The van der Waals surface area contributed by atoms with Crippen molar-refractivity contribution in [2.75, 3.05) is 0 Å². The van der Waals surface area contributed by atoms with E-state index in [9.17, 15) is 9.59 Å². The van der Waals surface area contributed by atoms with Crippen LogP contribution in [0.5, 0.6) is 0 Å². The average molecular weight is 338 g/mol. The zero-order chi connectivity index (χ0) is 17.4. The van der Waals surface area contributed by atoms with E-state index in [1.807, 2.05) is 0 Å². The van der Waals surface area contributed by atoms with Gasteiger partial charge in [-0.05, 0) is 37.2 Å². The minimum atomic E-state index is -1.21. The molecule has 1 amide bonds. The maximum atomic E-state index is 12.6. The number of hydrogen-bond acceptors (Lipinski definition) is 4. The summed E-state index contributed by atoms with van der Waals surface area (Å²) < 4.78 is 5.32. The lowest BCUT2D eigenvalue weighted by molar-refractivity contribution is -0.130. The first-order valence-corrected chi connectivity index (χ1v) is 8.53. The van der Waals surface area contributed by atoms with E-state index in [-0.39, 0.29) is 11.9 Å². The van der Waals surface area contributed by atoms with Crippen LogP contribution in [-0.4, -0.2) is 28.0 Å². The molecule has 2 aromatic rings. The summed E-state index contributed by atoms with van der Waals surface area (Å²) >= 11 is 0. The van der Waals surface area contributed by atoms with E-state index in [4.69, 9.17) is 9.52 Å². The number of aromatic nitrogens is 1. The summed E-state index contributed by atoms with van der Waals surface area (Å²) in [6.07, 6.45) is 8.86. The molecular formula is C19H18N2O4. The minimum absolute atomic E-state index is 0.196. The molecule has 6 heteroatoms. The molecule has 1 atom stereocenters. The van der Waals surface area contributed by atoms with Crippen LogP contribution in [-0.2, 0) is 4.79 Å². The van der Waals surface area contributed by atoms with Crippen LogP contribution in [0.15, 0.2) is 22.9 Å². The van der Waals surface area contributed by atoms with Gasteiger partial charge in [0.25, 0.3) is 5.91 Å². The van der Waals surface area contributed by atoms with E-state index in [0.29, 0.717) is 28.1 Å². The number of nitrogens with zero attached hydrogens (tertiary/aromatic N) is 1. The molecule has 3 saturated carbocycles. The number of fused-ring (bicyclic) bond motifs is 4. The summed E-state index contributed by atoms with van der Waals surface area (Å²) in [5.41, 5.74) is 1.21. The van der Waals surface area contributed by atoms with Crippen LogP contribution >= 0.6 is 0 Å². The molecule has 2 aromatic heterocycles. The molecule has 3 aliphatic rings. The van der Waals surface area contributed by atoms with Gasteiger partial charge in [-0.25, -0.2) is 9.78 Å². The summed E-state index contributed by atoms with van der Waals surface area (Å²) in [6.45, 7) is 0. The molecule has 2 heterocycles. The van der Waals surface area contributed by atoms with E-state index in [1.165, 1.54) is 38.1 Å². The molecule has 0 spiro atoms. The number of furan rings is 1. The average Bonchev–Trinajstić information content (AvgIpc) is 3.03. The Hall–Kier alpha value is -2.81. The van der Waals surface area contributed by atoms with Gasteiger partial charge in [-0.2, -0.15) is 0 Å². The van der Waals surface area contributed by atoms with E-state index in [1.54, 1.807) is 6.07 Å². The third kappa shape index (κ3) is 3.10. The molecule has 25 heavy (non-hydrogen) atoms. The molecule has 0 saturated heterocycles. The van der Waals surface area contributed by atoms with Gasteiger partial charge >= 0.3 is 5.97 Å². The van der Waals surface area contributed by atoms with Crippen LogP contribution in [0.2, 0.25) is 0 Å². The minimum Gasteiger partial charge on any atom is -0.472 e. The van der Waals surface area contributed by atoms with Crippen LogP contribution in [0, 0.1) is 23.7 Å². The van der Waals surface area contributed by atoms with Crippen molar-refractivity contribution in [2.45, 2.75) is 38.1 Å². The zero-order valence-electron chi connectivity index (χ0n) is 13.6. The summed E-state index contributed by atoms with van der Waals surface area (Å²) in [4.78, 5) is 27.4. The topological polar surface area (TPSA) is 92.4 Å². The van der Waals surface area contributed by atoms with Crippen LogP contribution in [0.1, 0.15) is 48.2 Å². The summed E-state index contributed by atoms with van der Waals surface area (Å²) in [7, 11) is 0. The second-order valence-electron chi connectivity index (χ2n) is 6.87. The van der Waals surface area contributed by atoms with Crippen LogP contribution in [0.4, 0.5) is 0 Å². The molecule has 2 bridgehead atoms. The Labute approximate surface area is 144 Å². The molecule has 1 unspecified atom stereocenters. The van der Waals surface area contributed by atoms with Gasteiger partial charge in [0.1, 0.15) is 12.0 Å². The molecule has 0 aromatic carbocycles. The fourth-order valence-electron chi connectivity index (χ4n) is 4.07. The lowest BCUT2D eigenvalue weighted by Crippen LogP contribution is -2.47. The third-order valence-electron chi connectivity index (χ3n) is 5.36. The first kappa shape index (κ1) is 15.7. The maximum absolute atomic E-state index is 12.6. The number of pyridine rings is 1. The number of aliphatic carboxylic acids is 1. The number of carbonyl (C=O) groups excluding carboxylic acids is 1. The predicted molar refractivity (Wildman–Crippen MR) is 89.8 cm³/mol. The largest absolute Gasteiger partial charge is 0.472 e. The van der Waals surface area contributed by atoms with Crippen molar-refractivity contribution < 1.29 is 19.1 Å². The molecule has 3 aliphatic carbocycles. The summed E-state index contributed by atoms with van der Waals surface area (Å²) in [5.74, 6) is 4.49. The molecule has 6 nitrogen and oxygen atoms in total. The molecular weight excluding hydrogens is 320 g/mol. The third-order valence-corrected chi connectivity index (χ3v) is 5.36. The quantitative estimate of drug-likeness (QED) is 0.821. The summed E-state index contributed by atoms with van der Waals surface area (Å²) in [6, 6.07) is 1.84. The number of nitrogens with one attached hydrogen (secondary N) is 1. The highest BCUT2D eigenvalue weighted by Crippen LogP contribution is 2.41. The second kappa shape index (κ2) is 6.25. The van der Waals surface area contributed by atoms with Crippen LogP contribution < -0.4 is 5.32 Å².